The summed E-state index contributed by atoms with van der Waals surface area (Å²) < 4.78 is 5.70. The van der Waals surface area contributed by atoms with Crippen LogP contribution in [-0.4, -0.2) is 61.6 Å². The highest BCUT2D eigenvalue weighted by molar-refractivity contribution is 6.31. The number of hydrogen-bond donors (Lipinski definition) is 2. The smallest absolute Gasteiger partial charge is 0.296 e. The van der Waals surface area contributed by atoms with Crippen molar-refractivity contribution >= 4 is 40.4 Å². The van der Waals surface area contributed by atoms with Gasteiger partial charge in [-0.1, -0.05) is 29.8 Å². The molecule has 0 unspecified atom stereocenters. The summed E-state index contributed by atoms with van der Waals surface area (Å²) in [5.74, 6) is 1.47. The maximum atomic E-state index is 12.9. The van der Waals surface area contributed by atoms with Gasteiger partial charge in [0.05, 0.1) is 38.6 Å². The number of halogens is 1. The van der Waals surface area contributed by atoms with E-state index in [1.807, 2.05) is 42.5 Å². The number of carbonyl (C=O) groups is 1. The van der Waals surface area contributed by atoms with Crippen molar-refractivity contribution in [2.75, 3.05) is 45.7 Å². The van der Waals surface area contributed by atoms with Crippen molar-refractivity contribution < 1.29 is 14.1 Å². The summed E-state index contributed by atoms with van der Waals surface area (Å²) in [7, 11) is 3.65. The van der Waals surface area contributed by atoms with E-state index in [2.05, 4.69) is 34.8 Å². The number of hydrogen-bond acceptors (Lipinski definition) is 5. The summed E-state index contributed by atoms with van der Waals surface area (Å²) in [5.41, 5.74) is 7.57. The first-order valence-electron chi connectivity index (χ1n) is 11.2. The number of amidine groups is 1. The lowest BCUT2D eigenvalue weighted by Gasteiger charge is -2.42. The van der Waals surface area contributed by atoms with Gasteiger partial charge in [0.2, 0.25) is 0 Å². The Morgan fingerprint density at radius 1 is 1.06 bits per heavy atom. The molecule has 0 aromatic heterocycles. The number of likely N-dealkylation sites (N-methyl/N-ethyl adjacent to an activating group) is 1. The minimum atomic E-state index is -0.111. The summed E-state index contributed by atoms with van der Waals surface area (Å²) >= 11 is 6.27. The van der Waals surface area contributed by atoms with Gasteiger partial charge in [-0.3, -0.25) is 4.79 Å². The van der Waals surface area contributed by atoms with Crippen molar-refractivity contribution in [2.24, 2.45) is 4.99 Å². The third kappa shape index (κ3) is 4.44. The van der Waals surface area contributed by atoms with Crippen molar-refractivity contribution in [3.8, 4) is 5.75 Å². The van der Waals surface area contributed by atoms with Gasteiger partial charge < -0.3 is 15.0 Å². The Morgan fingerprint density at radius 2 is 1.85 bits per heavy atom. The molecule has 0 aliphatic carbocycles. The molecule has 2 heterocycles. The molecule has 1 saturated heterocycles. The monoisotopic (exact) mass is 476 g/mol. The predicted molar refractivity (Wildman–Crippen MR) is 135 cm³/mol. The number of nitrogens with one attached hydrogen (secondary N) is 2. The number of amides is 1. The maximum Gasteiger partial charge on any atom is 0.296 e. The van der Waals surface area contributed by atoms with Gasteiger partial charge in [0, 0.05) is 21.8 Å². The van der Waals surface area contributed by atoms with E-state index in [4.69, 9.17) is 21.3 Å². The van der Waals surface area contributed by atoms with Crippen molar-refractivity contribution in [3.63, 3.8) is 0 Å². The van der Waals surface area contributed by atoms with Crippen LogP contribution in [-0.2, 0) is 0 Å². The molecule has 0 saturated carbocycles. The van der Waals surface area contributed by atoms with Gasteiger partial charge in [-0.15, -0.1) is 0 Å². The summed E-state index contributed by atoms with van der Waals surface area (Å²) in [6.45, 7) is 2.98. The second-order valence-corrected chi connectivity index (χ2v) is 9.21. The first kappa shape index (κ1) is 22.3. The van der Waals surface area contributed by atoms with Crippen LogP contribution in [0.1, 0.15) is 15.9 Å². The first-order chi connectivity index (χ1) is 16.4. The molecule has 1 amide bonds. The summed E-state index contributed by atoms with van der Waals surface area (Å²) in [6, 6.07) is 21.1. The zero-order chi connectivity index (χ0) is 23.7. The molecule has 2 N–H and O–H groups in total. The van der Waals surface area contributed by atoms with E-state index in [1.165, 1.54) is 0 Å². The number of nitrogens with zero attached hydrogens (tertiary/aromatic N) is 3. The number of aliphatic imine (C=N–C) groups is 1. The first-order valence-corrected chi connectivity index (χ1v) is 11.6. The van der Waals surface area contributed by atoms with Gasteiger partial charge in [0.25, 0.3) is 5.91 Å². The van der Waals surface area contributed by atoms with Crippen LogP contribution in [0.5, 0.6) is 5.75 Å². The highest BCUT2D eigenvalue weighted by Gasteiger charge is 2.34. The highest BCUT2D eigenvalue weighted by Crippen LogP contribution is 2.36. The average molecular weight is 477 g/mol. The number of para-hydroxylation sites is 1. The third-order valence-corrected chi connectivity index (χ3v) is 6.59. The largest absolute Gasteiger partial charge is 0.497 e. The van der Waals surface area contributed by atoms with E-state index in [-0.39, 0.29) is 5.91 Å². The van der Waals surface area contributed by atoms with Crippen LogP contribution >= 0.6 is 11.6 Å². The number of fused-ring (bicyclic) bond motifs is 2. The average Bonchev–Trinajstić information content (AvgIpc) is 3.01. The number of quaternary nitrogens is 1. The Labute approximate surface area is 204 Å². The second-order valence-electron chi connectivity index (χ2n) is 8.77. The molecule has 174 valence electrons. The lowest BCUT2D eigenvalue weighted by atomic mass is 10.1. The molecule has 0 atom stereocenters. The summed E-state index contributed by atoms with van der Waals surface area (Å²) in [5, 5.41) is 4.15. The van der Waals surface area contributed by atoms with Crippen LogP contribution < -0.4 is 15.5 Å². The van der Waals surface area contributed by atoms with Gasteiger partial charge in [-0.25, -0.2) is 9.58 Å². The van der Waals surface area contributed by atoms with Gasteiger partial charge >= 0.3 is 0 Å². The molecule has 8 heteroatoms. The number of benzene rings is 3. The fourth-order valence-electron chi connectivity index (χ4n) is 4.35. The Balaban J connectivity index is 1.36. The summed E-state index contributed by atoms with van der Waals surface area (Å²) in [4.78, 5) is 20.2. The Hall–Kier alpha value is -3.55. The fourth-order valence-corrected chi connectivity index (χ4v) is 4.52. The number of rotatable bonds is 3. The highest BCUT2D eigenvalue weighted by atomic mass is 35.5. The topological polar surface area (TPSA) is 66.0 Å². The Kier molecular flexibility index (Phi) is 5.89. The van der Waals surface area contributed by atoms with E-state index in [9.17, 15) is 4.79 Å². The Bertz CT molecular complexity index is 1270. The van der Waals surface area contributed by atoms with Crippen LogP contribution in [0.25, 0.3) is 0 Å². The van der Waals surface area contributed by atoms with Gasteiger partial charge in [0.15, 0.2) is 0 Å². The van der Waals surface area contributed by atoms with Crippen LogP contribution in [0.3, 0.4) is 0 Å². The molecule has 0 bridgehead atoms. The van der Waals surface area contributed by atoms with Crippen LogP contribution in [0.2, 0.25) is 5.02 Å². The van der Waals surface area contributed by atoms with Gasteiger partial charge in [-0.05, 0) is 48.5 Å². The normalized spacial score (nSPS) is 16.3. The zero-order valence-electron chi connectivity index (χ0n) is 19.2. The molecule has 34 heavy (non-hydrogen) atoms. The van der Waals surface area contributed by atoms with Crippen molar-refractivity contribution in [1.29, 1.82) is 0 Å². The molecular weight excluding hydrogens is 450 g/mol. The van der Waals surface area contributed by atoms with E-state index >= 15 is 0 Å². The molecule has 3 aromatic carbocycles. The van der Waals surface area contributed by atoms with Gasteiger partial charge in [0.1, 0.15) is 24.7 Å². The van der Waals surface area contributed by atoms with E-state index in [1.54, 1.807) is 19.2 Å². The zero-order valence-corrected chi connectivity index (χ0v) is 20.0. The lowest BCUT2D eigenvalue weighted by Crippen LogP contribution is -2.65. The molecule has 1 fully saturated rings. The number of carbonyl (C=O) groups excluding carboxylic acids is 1. The lowest BCUT2D eigenvalue weighted by molar-refractivity contribution is -0.946. The third-order valence-electron chi connectivity index (χ3n) is 6.35. The van der Waals surface area contributed by atoms with Crippen molar-refractivity contribution in [3.05, 3.63) is 82.9 Å². The number of piperazine rings is 1. The summed E-state index contributed by atoms with van der Waals surface area (Å²) in [6.07, 6.45) is 0. The minimum Gasteiger partial charge on any atom is -0.497 e. The van der Waals surface area contributed by atoms with Crippen molar-refractivity contribution in [2.45, 2.75) is 0 Å². The predicted octanol–water partition coefficient (Wildman–Crippen LogP) is 4.59. The molecule has 5 rings (SSSR count). The number of ether oxygens (including phenoxy) is 1. The quantitative estimate of drug-likeness (QED) is 0.542. The maximum absolute atomic E-state index is 12.9. The van der Waals surface area contributed by atoms with E-state index < -0.39 is 0 Å². The van der Waals surface area contributed by atoms with Crippen molar-refractivity contribution in [1.82, 2.24) is 10.3 Å². The van der Waals surface area contributed by atoms with E-state index in [0.29, 0.717) is 20.9 Å². The second kappa shape index (κ2) is 9.00. The fraction of sp³-hybridized carbons (Fsp3) is 0.231. The van der Waals surface area contributed by atoms with E-state index in [0.717, 1.165) is 54.6 Å². The van der Waals surface area contributed by atoms with Crippen LogP contribution in [0.15, 0.2) is 71.7 Å². The minimum absolute atomic E-state index is 0.111. The molecule has 0 radical (unpaired) electrons. The van der Waals surface area contributed by atoms with Crippen LogP contribution in [0, 0.1) is 0 Å². The molecule has 3 aromatic rings. The molecule has 0 spiro atoms. The molecule has 2 aliphatic heterocycles. The standard InChI is InChI=1S/C26H26ClN5O2/c1-32(30-26(33)18-6-5-7-20(16-18)34-2)14-12-31(13-15-32)25-21-8-3-4-9-22(21)28-23-11-10-19(27)17-24(23)29-25/h3-11,16-17H,12-15H2,1-2H3,(H-,28,29,30,33)/p+1. The number of methoxy groups -OCH3 is 1. The molecule has 2 aliphatic rings. The molecule has 7 nitrogen and oxygen atoms in total. The van der Waals surface area contributed by atoms with Gasteiger partial charge in [-0.2, -0.15) is 5.43 Å². The number of anilines is 2. The Morgan fingerprint density at radius 3 is 2.65 bits per heavy atom. The SMILES string of the molecule is COc1cccc(C(=O)N[N+]2(C)CCN(C3=Nc4cc(Cl)ccc4Nc4ccccc43)CC2)c1. The molecular formula is C26H27ClN5O2+. The van der Waals surface area contributed by atoms with Crippen LogP contribution in [0.4, 0.5) is 17.1 Å².